The van der Waals surface area contributed by atoms with Gasteiger partial charge in [-0.15, -0.1) is 12.4 Å². The Bertz CT molecular complexity index is 614. The Labute approximate surface area is 167 Å². The second-order valence-corrected chi connectivity index (χ2v) is 7.17. The molecule has 2 saturated heterocycles. The number of carbonyl (C=O) groups excluding carboxylic acids is 2. The first kappa shape index (κ1) is 21.5. The Kier molecular flexibility index (Phi) is 8.38. The van der Waals surface area contributed by atoms with E-state index in [0.717, 1.165) is 38.8 Å². The molecule has 1 aromatic rings. The van der Waals surface area contributed by atoms with Gasteiger partial charge in [0.15, 0.2) is 6.61 Å². The first-order valence-electron chi connectivity index (χ1n) is 9.59. The highest BCUT2D eigenvalue weighted by molar-refractivity contribution is 5.85. The number of nitrogens with one attached hydrogen (secondary N) is 1. The fourth-order valence-corrected chi connectivity index (χ4v) is 3.97. The van der Waals surface area contributed by atoms with Gasteiger partial charge in [-0.3, -0.25) is 9.59 Å². The number of piperidine rings is 1. The first-order valence-corrected chi connectivity index (χ1v) is 9.59. The molecule has 2 heterocycles. The molecule has 0 bridgehead atoms. The Morgan fingerprint density at radius 2 is 1.89 bits per heavy atom. The number of nitrogens with zero attached hydrogens (tertiary/aromatic N) is 2. The fourth-order valence-electron chi connectivity index (χ4n) is 3.97. The molecule has 0 aliphatic carbocycles. The van der Waals surface area contributed by atoms with Crippen molar-refractivity contribution in [1.82, 2.24) is 15.1 Å². The predicted molar refractivity (Wildman–Crippen MR) is 107 cm³/mol. The molecule has 2 aliphatic rings. The van der Waals surface area contributed by atoms with E-state index in [-0.39, 0.29) is 36.7 Å². The van der Waals surface area contributed by atoms with Crippen LogP contribution in [-0.2, 0) is 9.59 Å². The molecule has 0 radical (unpaired) electrons. The summed E-state index contributed by atoms with van der Waals surface area (Å²) in [5, 5.41) is 3.18. The second-order valence-electron chi connectivity index (χ2n) is 7.17. The van der Waals surface area contributed by atoms with Crippen molar-refractivity contribution < 1.29 is 14.3 Å². The number of para-hydroxylation sites is 1. The molecule has 2 unspecified atom stereocenters. The Morgan fingerprint density at radius 1 is 1.15 bits per heavy atom. The number of hydrogen-bond acceptors (Lipinski definition) is 4. The summed E-state index contributed by atoms with van der Waals surface area (Å²) in [6.45, 7) is 2.93. The van der Waals surface area contributed by atoms with Crippen LogP contribution in [0.2, 0.25) is 0 Å². The van der Waals surface area contributed by atoms with E-state index in [0.29, 0.717) is 24.9 Å². The lowest BCUT2D eigenvalue weighted by Crippen LogP contribution is -2.50. The van der Waals surface area contributed by atoms with Crippen molar-refractivity contribution in [3.8, 4) is 5.75 Å². The van der Waals surface area contributed by atoms with Crippen molar-refractivity contribution in [1.29, 1.82) is 0 Å². The summed E-state index contributed by atoms with van der Waals surface area (Å²) in [6, 6.07) is 9.64. The highest BCUT2D eigenvalue weighted by atomic mass is 35.5. The molecular weight excluding hydrogens is 366 g/mol. The van der Waals surface area contributed by atoms with Crippen molar-refractivity contribution in [3.63, 3.8) is 0 Å². The third-order valence-electron chi connectivity index (χ3n) is 5.33. The summed E-state index contributed by atoms with van der Waals surface area (Å²) < 4.78 is 5.57. The van der Waals surface area contributed by atoms with Gasteiger partial charge >= 0.3 is 0 Å². The predicted octanol–water partition coefficient (Wildman–Crippen LogP) is 1.94. The van der Waals surface area contributed by atoms with Crippen molar-refractivity contribution in [3.05, 3.63) is 30.3 Å². The number of likely N-dealkylation sites (tertiary alicyclic amines) is 2. The molecule has 7 heteroatoms. The van der Waals surface area contributed by atoms with E-state index in [1.165, 1.54) is 0 Å². The van der Waals surface area contributed by atoms with Gasteiger partial charge in [-0.25, -0.2) is 0 Å². The maximum Gasteiger partial charge on any atom is 0.260 e. The summed E-state index contributed by atoms with van der Waals surface area (Å²) in [5.74, 6) is 0.781. The van der Waals surface area contributed by atoms with Crippen LogP contribution in [0.25, 0.3) is 0 Å². The molecule has 0 spiro atoms. The van der Waals surface area contributed by atoms with Gasteiger partial charge in [0, 0.05) is 32.2 Å². The third kappa shape index (κ3) is 5.59. The minimum atomic E-state index is -0.0816. The second kappa shape index (κ2) is 10.5. The highest BCUT2D eigenvalue weighted by Crippen LogP contribution is 2.24. The number of ether oxygens (including phenoxy) is 1. The lowest BCUT2D eigenvalue weighted by molar-refractivity contribution is -0.142. The van der Waals surface area contributed by atoms with Crippen molar-refractivity contribution in [2.24, 2.45) is 5.92 Å². The molecule has 1 N–H and O–H groups in total. The van der Waals surface area contributed by atoms with Crippen LogP contribution in [0.1, 0.15) is 25.7 Å². The van der Waals surface area contributed by atoms with Gasteiger partial charge in [0.2, 0.25) is 5.91 Å². The summed E-state index contributed by atoms with van der Waals surface area (Å²) in [5.41, 5.74) is 0. The molecule has 1 aromatic carbocycles. The molecule has 27 heavy (non-hydrogen) atoms. The molecule has 0 saturated carbocycles. The molecule has 6 nitrogen and oxygen atoms in total. The average molecular weight is 396 g/mol. The van der Waals surface area contributed by atoms with E-state index in [2.05, 4.69) is 5.32 Å². The number of likely N-dealkylation sites (N-methyl/N-ethyl adjacent to an activating group) is 1. The van der Waals surface area contributed by atoms with Crippen molar-refractivity contribution >= 4 is 24.2 Å². The molecule has 3 rings (SSSR count). The third-order valence-corrected chi connectivity index (χ3v) is 5.33. The van der Waals surface area contributed by atoms with E-state index in [4.69, 9.17) is 4.74 Å². The van der Waals surface area contributed by atoms with E-state index in [9.17, 15) is 9.59 Å². The Balaban J connectivity index is 0.00000261. The van der Waals surface area contributed by atoms with Gasteiger partial charge in [0.25, 0.3) is 5.91 Å². The maximum absolute atomic E-state index is 13.0. The summed E-state index contributed by atoms with van der Waals surface area (Å²) in [4.78, 5) is 29.3. The van der Waals surface area contributed by atoms with Gasteiger partial charge < -0.3 is 19.9 Å². The molecule has 2 amide bonds. The van der Waals surface area contributed by atoms with Crippen LogP contribution in [0.4, 0.5) is 0 Å². The lowest BCUT2D eigenvalue weighted by Gasteiger charge is -2.35. The number of amides is 2. The van der Waals surface area contributed by atoms with E-state index < -0.39 is 0 Å². The zero-order valence-corrected chi connectivity index (χ0v) is 16.7. The number of halogens is 1. The van der Waals surface area contributed by atoms with Gasteiger partial charge in [-0.05, 0) is 44.9 Å². The standard InChI is InChI=1S/C20H29N3O3.ClH/c1-21-13-17-8-6-12-23(17)20(25)16-7-5-11-22(14-16)19(24)15-26-18-9-3-2-4-10-18;/h2-4,9-10,16-17,21H,5-8,11-15H2,1H3;1H. The monoisotopic (exact) mass is 395 g/mol. The fraction of sp³-hybridized carbons (Fsp3) is 0.600. The summed E-state index contributed by atoms with van der Waals surface area (Å²) in [6.07, 6.45) is 3.87. The highest BCUT2D eigenvalue weighted by Gasteiger charge is 2.35. The lowest BCUT2D eigenvalue weighted by atomic mass is 9.96. The number of benzene rings is 1. The number of carbonyl (C=O) groups is 2. The van der Waals surface area contributed by atoms with Crippen LogP contribution in [-0.4, -0.2) is 67.5 Å². The van der Waals surface area contributed by atoms with Gasteiger partial charge in [-0.2, -0.15) is 0 Å². The maximum atomic E-state index is 13.0. The SMILES string of the molecule is CNCC1CCCN1C(=O)C1CCCN(C(=O)COc2ccccc2)C1.Cl. The zero-order chi connectivity index (χ0) is 18.4. The van der Waals surface area contributed by atoms with Gasteiger partial charge in [0.05, 0.1) is 5.92 Å². The minimum absolute atomic E-state index is 0. The first-order chi connectivity index (χ1) is 12.7. The smallest absolute Gasteiger partial charge is 0.260 e. The van der Waals surface area contributed by atoms with Crippen LogP contribution >= 0.6 is 12.4 Å². The van der Waals surface area contributed by atoms with E-state index in [1.54, 1.807) is 4.90 Å². The van der Waals surface area contributed by atoms with E-state index in [1.807, 2.05) is 42.3 Å². The number of hydrogen-bond donors (Lipinski definition) is 1. The topological polar surface area (TPSA) is 61.9 Å². The summed E-state index contributed by atoms with van der Waals surface area (Å²) in [7, 11) is 1.93. The van der Waals surface area contributed by atoms with Crippen LogP contribution < -0.4 is 10.1 Å². The molecule has 2 atom stereocenters. The number of rotatable bonds is 6. The van der Waals surface area contributed by atoms with Crippen LogP contribution in [0.15, 0.2) is 30.3 Å². The zero-order valence-electron chi connectivity index (χ0n) is 15.9. The van der Waals surface area contributed by atoms with Crippen molar-refractivity contribution in [2.45, 2.75) is 31.7 Å². The summed E-state index contributed by atoms with van der Waals surface area (Å²) >= 11 is 0. The van der Waals surface area contributed by atoms with Gasteiger partial charge in [-0.1, -0.05) is 18.2 Å². The average Bonchev–Trinajstić information content (AvgIpc) is 3.15. The largest absolute Gasteiger partial charge is 0.484 e. The normalized spacial score (nSPS) is 22.3. The van der Waals surface area contributed by atoms with Crippen molar-refractivity contribution in [2.75, 3.05) is 39.8 Å². The minimum Gasteiger partial charge on any atom is -0.484 e. The quantitative estimate of drug-likeness (QED) is 0.799. The molecule has 150 valence electrons. The van der Waals surface area contributed by atoms with E-state index >= 15 is 0 Å². The molecule has 2 aliphatic heterocycles. The molecular formula is C20H30ClN3O3. The van der Waals surface area contributed by atoms with Gasteiger partial charge in [0.1, 0.15) is 5.75 Å². The van der Waals surface area contributed by atoms with Crippen LogP contribution in [0.3, 0.4) is 0 Å². The Hall–Kier alpha value is -1.79. The molecule has 0 aromatic heterocycles. The molecule has 2 fully saturated rings. The Morgan fingerprint density at radius 3 is 2.63 bits per heavy atom. The van der Waals surface area contributed by atoms with Crippen LogP contribution in [0.5, 0.6) is 5.75 Å². The van der Waals surface area contributed by atoms with Crippen LogP contribution in [0, 0.1) is 5.92 Å².